The van der Waals surface area contributed by atoms with Crippen molar-refractivity contribution in [2.45, 2.75) is 124 Å². The number of hydrogen-bond acceptors (Lipinski definition) is 3. The summed E-state index contributed by atoms with van der Waals surface area (Å²) < 4.78 is 46.6. The van der Waals surface area contributed by atoms with Gasteiger partial charge in [0.1, 0.15) is 6.10 Å². The lowest BCUT2D eigenvalue weighted by molar-refractivity contribution is -0.137. The van der Waals surface area contributed by atoms with Gasteiger partial charge in [0.15, 0.2) is 0 Å². The zero-order chi connectivity index (χ0) is 28.9. The van der Waals surface area contributed by atoms with Crippen molar-refractivity contribution in [3.05, 3.63) is 63.5 Å². The molecule has 5 rings (SSSR count). The van der Waals surface area contributed by atoms with Gasteiger partial charge in [-0.2, -0.15) is 13.2 Å². The molecule has 1 aromatic carbocycles. The molecule has 1 fully saturated rings. The average Bonchev–Trinajstić information content (AvgIpc) is 3.38. The van der Waals surface area contributed by atoms with Gasteiger partial charge in [0.2, 0.25) is 0 Å². The number of aromatic nitrogens is 1. The van der Waals surface area contributed by atoms with Crippen molar-refractivity contribution in [3.8, 4) is 0 Å². The normalized spacial score (nSPS) is 27.5. The fourth-order valence-electron chi connectivity index (χ4n) is 6.60. The third-order valence-corrected chi connectivity index (χ3v) is 9.01. The number of halogens is 3. The van der Waals surface area contributed by atoms with Crippen LogP contribution >= 0.6 is 0 Å². The monoisotopic (exact) mass is 545 g/mol. The highest BCUT2D eigenvalue weighted by molar-refractivity contribution is 5.55. The Morgan fingerprint density at radius 3 is 2.18 bits per heavy atom. The minimum absolute atomic E-state index is 0.0529. The van der Waals surface area contributed by atoms with E-state index in [-0.39, 0.29) is 17.3 Å². The number of rotatable bonds is 3. The number of ether oxygens (including phenoxy) is 1. The molecule has 1 aliphatic heterocycles. The zero-order valence-electron chi connectivity index (χ0n) is 24.9. The summed E-state index contributed by atoms with van der Waals surface area (Å²) in [6, 6.07) is 5.36. The van der Waals surface area contributed by atoms with Gasteiger partial charge in [-0.15, -0.1) is 0 Å². The molecule has 2 heterocycles. The molecule has 6 heteroatoms. The van der Waals surface area contributed by atoms with Gasteiger partial charge in [0.25, 0.3) is 0 Å². The summed E-state index contributed by atoms with van der Waals surface area (Å²) in [6.07, 6.45) is 0.157. The molecular weight excluding hydrogens is 499 g/mol. The summed E-state index contributed by atoms with van der Waals surface area (Å²) >= 11 is 0. The number of pyridine rings is 1. The largest absolute Gasteiger partial charge is 0.416 e. The van der Waals surface area contributed by atoms with Crippen molar-refractivity contribution in [1.29, 1.82) is 0 Å². The lowest BCUT2D eigenvalue weighted by Gasteiger charge is -2.39. The number of aliphatic hydroxyl groups excluding tert-OH is 1. The van der Waals surface area contributed by atoms with Crippen LogP contribution in [-0.4, -0.2) is 10.1 Å². The fourth-order valence-corrected chi connectivity index (χ4v) is 6.60. The van der Waals surface area contributed by atoms with Crippen LogP contribution in [0.4, 0.5) is 13.2 Å². The second-order valence-electron chi connectivity index (χ2n) is 13.5. The summed E-state index contributed by atoms with van der Waals surface area (Å²) in [5.74, 6) is 1.25. The molecule has 0 bridgehead atoms. The molecule has 1 aromatic heterocycles. The van der Waals surface area contributed by atoms with E-state index in [9.17, 15) is 18.3 Å². The van der Waals surface area contributed by atoms with Crippen LogP contribution in [0.3, 0.4) is 0 Å². The molecule has 1 saturated carbocycles. The van der Waals surface area contributed by atoms with Crippen LogP contribution in [0.2, 0.25) is 0 Å². The van der Waals surface area contributed by atoms with Gasteiger partial charge >= 0.3 is 6.18 Å². The zero-order valence-corrected chi connectivity index (χ0v) is 24.9. The molecule has 0 amide bonds. The molecule has 0 radical (unpaired) electrons. The lowest BCUT2D eigenvalue weighted by atomic mass is 9.69. The van der Waals surface area contributed by atoms with Crippen LogP contribution < -0.4 is 0 Å². The molecule has 0 saturated heterocycles. The summed E-state index contributed by atoms with van der Waals surface area (Å²) in [6.45, 7) is 17.4. The second-order valence-corrected chi connectivity index (χ2v) is 13.5. The van der Waals surface area contributed by atoms with E-state index in [1.165, 1.54) is 6.42 Å². The molecule has 216 valence electrons. The van der Waals surface area contributed by atoms with Gasteiger partial charge in [0.05, 0.1) is 17.3 Å². The van der Waals surface area contributed by atoms with Crippen LogP contribution in [0.1, 0.15) is 145 Å². The smallest absolute Gasteiger partial charge is 0.388 e. The molecular formula is C33H46F3NO2. The topological polar surface area (TPSA) is 42.4 Å². The summed E-state index contributed by atoms with van der Waals surface area (Å²) in [5.41, 5.74) is 4.33. The highest BCUT2D eigenvalue weighted by Gasteiger charge is 2.55. The maximum Gasteiger partial charge on any atom is 0.416 e. The van der Waals surface area contributed by atoms with Crippen LogP contribution in [0.5, 0.6) is 0 Å². The highest BCUT2D eigenvalue weighted by Crippen LogP contribution is 2.61. The standard InChI is InChI=1S/C28H34F3NO2.C5H12/c1-15(2)24-22-23(21-19(32-24)13-26(4,5)14-20(21)33)27(12-6-7-16(27)3)34-25(22)17-8-10-18(11-9-17)28(29,30)31;1-4-5(2)3/h8-11,15-16,20,25,33H,6-7,12-14H2,1-5H3;5H,4H2,1-3H3/t16?,20?,25-,27?;/m0./s1. The van der Waals surface area contributed by atoms with Crippen molar-refractivity contribution in [2.24, 2.45) is 17.3 Å². The summed E-state index contributed by atoms with van der Waals surface area (Å²) in [7, 11) is 0. The first-order valence-electron chi connectivity index (χ1n) is 14.7. The SMILES string of the molecule is CC(C)c1nc2c(c3c1[C@H](c1ccc(C(F)(F)F)cc1)OC31CCCC1C)C(O)CC(C)(C)C2.CCC(C)C. The van der Waals surface area contributed by atoms with Gasteiger partial charge in [-0.1, -0.05) is 73.9 Å². The van der Waals surface area contributed by atoms with Gasteiger partial charge < -0.3 is 9.84 Å². The Bertz CT molecular complexity index is 1170. The number of nitrogens with zero attached hydrogens (tertiary/aromatic N) is 1. The molecule has 3 aliphatic rings. The number of alkyl halides is 3. The van der Waals surface area contributed by atoms with Crippen molar-refractivity contribution in [1.82, 2.24) is 4.98 Å². The molecule has 3 nitrogen and oxygen atoms in total. The van der Waals surface area contributed by atoms with E-state index in [0.717, 1.165) is 71.8 Å². The van der Waals surface area contributed by atoms with E-state index in [0.29, 0.717) is 12.0 Å². The van der Waals surface area contributed by atoms with Crippen molar-refractivity contribution < 1.29 is 23.0 Å². The van der Waals surface area contributed by atoms with E-state index in [2.05, 4.69) is 55.4 Å². The number of fused-ring (bicyclic) bond motifs is 4. The Morgan fingerprint density at radius 2 is 1.69 bits per heavy atom. The minimum Gasteiger partial charge on any atom is -0.388 e. The maximum absolute atomic E-state index is 13.2. The maximum atomic E-state index is 13.2. The van der Waals surface area contributed by atoms with Crippen LogP contribution in [0.25, 0.3) is 0 Å². The van der Waals surface area contributed by atoms with Crippen molar-refractivity contribution >= 4 is 0 Å². The van der Waals surface area contributed by atoms with Crippen LogP contribution in [0, 0.1) is 17.3 Å². The quantitative estimate of drug-likeness (QED) is 0.418. The van der Waals surface area contributed by atoms with Crippen LogP contribution in [0.15, 0.2) is 24.3 Å². The third kappa shape index (κ3) is 5.66. The second kappa shape index (κ2) is 10.8. The van der Waals surface area contributed by atoms with E-state index < -0.39 is 29.5 Å². The number of hydrogen-bond donors (Lipinski definition) is 1. The molecule has 3 unspecified atom stereocenters. The molecule has 39 heavy (non-hydrogen) atoms. The van der Waals surface area contributed by atoms with Gasteiger partial charge in [-0.25, -0.2) is 0 Å². The van der Waals surface area contributed by atoms with Gasteiger partial charge in [0, 0.05) is 22.5 Å². The lowest BCUT2D eigenvalue weighted by Crippen LogP contribution is -2.34. The Labute approximate surface area is 232 Å². The Balaban J connectivity index is 0.000000648. The van der Waals surface area contributed by atoms with E-state index in [4.69, 9.17) is 9.72 Å². The Kier molecular flexibility index (Phi) is 8.33. The van der Waals surface area contributed by atoms with Gasteiger partial charge in [-0.05, 0) is 78.5 Å². The Hall–Kier alpha value is -1.92. The summed E-state index contributed by atoms with van der Waals surface area (Å²) in [4.78, 5) is 5.12. The Morgan fingerprint density at radius 1 is 1.08 bits per heavy atom. The minimum atomic E-state index is -4.38. The van der Waals surface area contributed by atoms with Crippen LogP contribution in [-0.2, 0) is 22.9 Å². The number of benzene rings is 1. The predicted octanol–water partition coefficient (Wildman–Crippen LogP) is 9.42. The first-order chi connectivity index (χ1) is 18.1. The molecule has 2 aromatic rings. The third-order valence-electron chi connectivity index (χ3n) is 9.01. The first kappa shape index (κ1) is 30.0. The molecule has 1 N–H and O–H groups in total. The molecule has 1 spiro atoms. The van der Waals surface area contributed by atoms with Gasteiger partial charge in [-0.3, -0.25) is 4.98 Å². The van der Waals surface area contributed by atoms with E-state index in [1.807, 2.05) is 0 Å². The summed E-state index contributed by atoms with van der Waals surface area (Å²) in [5, 5.41) is 11.4. The van der Waals surface area contributed by atoms with Crippen molar-refractivity contribution in [2.75, 3.05) is 0 Å². The first-order valence-corrected chi connectivity index (χ1v) is 14.7. The van der Waals surface area contributed by atoms with Crippen molar-refractivity contribution in [3.63, 3.8) is 0 Å². The number of aliphatic hydroxyl groups is 1. The molecule has 2 aliphatic carbocycles. The average molecular weight is 546 g/mol. The van der Waals surface area contributed by atoms with E-state index >= 15 is 0 Å². The molecule has 4 atom stereocenters. The fraction of sp³-hybridized carbons (Fsp3) is 0.667. The van der Waals surface area contributed by atoms with E-state index in [1.54, 1.807) is 12.1 Å². The highest BCUT2D eigenvalue weighted by atomic mass is 19.4. The predicted molar refractivity (Wildman–Crippen MR) is 150 cm³/mol.